The van der Waals surface area contributed by atoms with Crippen LogP contribution in [0.3, 0.4) is 0 Å². The first kappa shape index (κ1) is 12.8. The molecule has 0 aliphatic carbocycles. The average Bonchev–Trinajstić information content (AvgIpc) is 2.02. The molecule has 0 fully saturated rings. The number of hydrogen-bond donors (Lipinski definition) is 3. The van der Waals surface area contributed by atoms with Gasteiger partial charge in [-0.2, -0.15) is 12.7 Å². The molecule has 0 rings (SSSR count). The molecule has 0 unspecified atom stereocenters. The largest absolute Gasteiger partial charge is 0.396 e. The summed E-state index contributed by atoms with van der Waals surface area (Å²) in [5.74, 6) is 0. The molecule has 0 saturated heterocycles. The molecule has 0 aromatic rings. The van der Waals surface area contributed by atoms with E-state index < -0.39 is 10.3 Å². The van der Waals surface area contributed by atoms with Crippen LogP contribution >= 0.6 is 0 Å². The number of rotatable bonds is 7. The van der Waals surface area contributed by atoms with Gasteiger partial charge in [0.15, 0.2) is 0 Å². The predicted molar refractivity (Wildman–Crippen MR) is 46.5 cm³/mol. The summed E-state index contributed by atoms with van der Waals surface area (Å²) in [5, 5.41) is 16.9. The van der Waals surface area contributed by atoms with E-state index in [-0.39, 0.29) is 39.1 Å². The minimum absolute atomic E-state index is 0.0648. The van der Waals surface area contributed by atoms with Crippen molar-refractivity contribution in [1.82, 2.24) is 4.31 Å². The number of aliphatic hydroxyl groups is 2. The van der Waals surface area contributed by atoms with Crippen LogP contribution in [-0.2, 0) is 10.3 Å². The first-order valence-corrected chi connectivity index (χ1v) is 5.36. The molecule has 7 heteroatoms. The van der Waals surface area contributed by atoms with Gasteiger partial charge in [-0.1, -0.05) is 0 Å². The zero-order valence-electron chi connectivity index (χ0n) is 7.26. The fourth-order valence-electron chi connectivity index (χ4n) is 0.837. The van der Waals surface area contributed by atoms with Crippen molar-refractivity contribution in [3.8, 4) is 0 Å². The Balaban J connectivity index is 4.04. The van der Waals surface area contributed by atoms with Gasteiger partial charge in [0.2, 0.25) is 0 Å². The Hall–Kier alpha value is -0.210. The van der Waals surface area contributed by atoms with Crippen LogP contribution in [0.1, 0.15) is 12.8 Å². The van der Waals surface area contributed by atoms with Gasteiger partial charge < -0.3 is 10.2 Å². The standard InChI is InChI=1S/C6H15NO5S/c8-5-1-3-7(4-2-6-9)13(10,11)12/h8-9H,1-6H2,(H,10,11,12). The molecule has 0 heterocycles. The van der Waals surface area contributed by atoms with Crippen molar-refractivity contribution >= 4 is 10.3 Å². The Labute approximate surface area is 77.7 Å². The van der Waals surface area contributed by atoms with Crippen LogP contribution in [0.5, 0.6) is 0 Å². The van der Waals surface area contributed by atoms with E-state index in [0.29, 0.717) is 0 Å². The van der Waals surface area contributed by atoms with Gasteiger partial charge in [0.1, 0.15) is 0 Å². The van der Waals surface area contributed by atoms with Gasteiger partial charge in [-0.15, -0.1) is 0 Å². The van der Waals surface area contributed by atoms with Crippen LogP contribution in [-0.4, -0.2) is 53.8 Å². The molecular weight excluding hydrogens is 198 g/mol. The summed E-state index contributed by atoms with van der Waals surface area (Å²) in [6, 6.07) is 0. The maximum absolute atomic E-state index is 10.7. The third-order valence-electron chi connectivity index (χ3n) is 1.46. The fraction of sp³-hybridized carbons (Fsp3) is 1.00. The lowest BCUT2D eigenvalue weighted by Gasteiger charge is -2.16. The minimum Gasteiger partial charge on any atom is -0.396 e. The van der Waals surface area contributed by atoms with Gasteiger partial charge in [0.25, 0.3) is 0 Å². The van der Waals surface area contributed by atoms with Gasteiger partial charge in [-0.05, 0) is 12.8 Å². The molecule has 0 amide bonds. The normalized spacial score (nSPS) is 12.3. The van der Waals surface area contributed by atoms with Crippen LogP contribution in [0.15, 0.2) is 0 Å². The Kier molecular flexibility index (Phi) is 6.17. The van der Waals surface area contributed by atoms with Crippen molar-refractivity contribution in [2.75, 3.05) is 26.3 Å². The topological polar surface area (TPSA) is 98.1 Å². The second kappa shape index (κ2) is 6.28. The summed E-state index contributed by atoms with van der Waals surface area (Å²) >= 11 is 0. The second-order valence-electron chi connectivity index (χ2n) is 2.53. The molecule has 0 spiro atoms. The molecule has 13 heavy (non-hydrogen) atoms. The maximum Gasteiger partial charge on any atom is 0.335 e. The Morgan fingerprint density at radius 2 is 1.38 bits per heavy atom. The highest BCUT2D eigenvalue weighted by Crippen LogP contribution is 2.00. The van der Waals surface area contributed by atoms with Crippen LogP contribution in [0.2, 0.25) is 0 Å². The predicted octanol–water partition coefficient (Wildman–Crippen LogP) is -1.14. The van der Waals surface area contributed by atoms with Crippen LogP contribution in [0, 0.1) is 0 Å². The van der Waals surface area contributed by atoms with E-state index in [0.717, 1.165) is 4.31 Å². The van der Waals surface area contributed by atoms with Crippen LogP contribution in [0.25, 0.3) is 0 Å². The summed E-state index contributed by atoms with van der Waals surface area (Å²) in [4.78, 5) is 0. The van der Waals surface area contributed by atoms with Crippen molar-refractivity contribution < 1.29 is 23.2 Å². The molecule has 0 radical (unpaired) electrons. The molecule has 0 saturated carbocycles. The van der Waals surface area contributed by atoms with Crippen molar-refractivity contribution in [2.45, 2.75) is 12.8 Å². The molecule has 6 nitrogen and oxygen atoms in total. The average molecular weight is 213 g/mol. The Bertz CT molecular complexity index is 207. The van der Waals surface area contributed by atoms with E-state index in [4.69, 9.17) is 14.8 Å². The summed E-state index contributed by atoms with van der Waals surface area (Å²) in [7, 11) is -4.20. The fourth-order valence-corrected chi connectivity index (χ4v) is 1.56. The third kappa shape index (κ3) is 5.94. The van der Waals surface area contributed by atoms with Crippen molar-refractivity contribution in [2.24, 2.45) is 0 Å². The highest BCUT2D eigenvalue weighted by Gasteiger charge is 2.16. The highest BCUT2D eigenvalue weighted by molar-refractivity contribution is 7.83. The van der Waals surface area contributed by atoms with Gasteiger partial charge >= 0.3 is 10.3 Å². The number of nitrogens with zero attached hydrogens (tertiary/aromatic N) is 1. The SMILES string of the molecule is O=S(=O)(O)N(CCCO)CCCO. The second-order valence-corrected chi connectivity index (χ2v) is 3.94. The number of aliphatic hydroxyl groups excluding tert-OH is 2. The lowest BCUT2D eigenvalue weighted by atomic mass is 10.4. The van der Waals surface area contributed by atoms with Crippen molar-refractivity contribution in [3.63, 3.8) is 0 Å². The molecule has 0 aromatic carbocycles. The highest BCUT2D eigenvalue weighted by atomic mass is 32.2. The van der Waals surface area contributed by atoms with Crippen LogP contribution < -0.4 is 0 Å². The van der Waals surface area contributed by atoms with Crippen LogP contribution in [0.4, 0.5) is 0 Å². The quantitative estimate of drug-likeness (QED) is 0.464. The number of hydrogen-bond acceptors (Lipinski definition) is 4. The summed E-state index contributed by atoms with van der Waals surface area (Å²) < 4.78 is 30.8. The summed E-state index contributed by atoms with van der Waals surface area (Å²) in [6.07, 6.45) is 0.538. The molecule has 0 atom stereocenters. The summed E-state index contributed by atoms with van der Waals surface area (Å²) in [6.45, 7) is -0.138. The van der Waals surface area contributed by atoms with E-state index in [1.807, 2.05) is 0 Å². The molecule has 3 N–H and O–H groups in total. The Morgan fingerprint density at radius 3 is 1.62 bits per heavy atom. The van der Waals surface area contributed by atoms with E-state index in [9.17, 15) is 8.42 Å². The van der Waals surface area contributed by atoms with Crippen molar-refractivity contribution in [1.29, 1.82) is 0 Å². The molecule has 0 aliphatic rings. The first-order chi connectivity index (χ1) is 6.02. The molecule has 0 aliphatic heterocycles. The molecule has 80 valence electrons. The van der Waals surface area contributed by atoms with Gasteiger partial charge in [-0.25, -0.2) is 0 Å². The van der Waals surface area contributed by atoms with E-state index in [2.05, 4.69) is 0 Å². The van der Waals surface area contributed by atoms with Gasteiger partial charge in [0.05, 0.1) is 0 Å². The Morgan fingerprint density at radius 1 is 1.00 bits per heavy atom. The maximum atomic E-state index is 10.7. The minimum atomic E-state index is -4.20. The zero-order valence-corrected chi connectivity index (χ0v) is 8.07. The van der Waals surface area contributed by atoms with E-state index >= 15 is 0 Å². The molecule has 0 aromatic heterocycles. The molecular formula is C6H15NO5S. The third-order valence-corrected chi connectivity index (χ3v) is 2.48. The zero-order chi connectivity index (χ0) is 10.3. The molecule has 0 bridgehead atoms. The lowest BCUT2D eigenvalue weighted by Crippen LogP contribution is -2.33. The summed E-state index contributed by atoms with van der Waals surface area (Å²) in [5.41, 5.74) is 0. The smallest absolute Gasteiger partial charge is 0.335 e. The monoisotopic (exact) mass is 213 g/mol. The van der Waals surface area contributed by atoms with E-state index in [1.165, 1.54) is 0 Å². The van der Waals surface area contributed by atoms with Gasteiger partial charge in [-0.3, -0.25) is 4.55 Å². The first-order valence-electron chi connectivity index (χ1n) is 3.96. The van der Waals surface area contributed by atoms with Crippen molar-refractivity contribution in [3.05, 3.63) is 0 Å². The van der Waals surface area contributed by atoms with Gasteiger partial charge in [0, 0.05) is 26.3 Å². The lowest BCUT2D eigenvalue weighted by molar-refractivity contribution is 0.242. The van der Waals surface area contributed by atoms with E-state index in [1.54, 1.807) is 0 Å².